The molecule has 15 heavy (non-hydrogen) atoms. The molecule has 1 rings (SSSR count). The Hall–Kier alpha value is -1.35. The first-order valence-electron chi connectivity index (χ1n) is 4.55. The average Bonchev–Trinajstić information content (AvgIpc) is 2.23. The number of hydrogen-bond donors (Lipinski definition) is 1. The van der Waals surface area contributed by atoms with Crippen molar-refractivity contribution < 1.29 is 4.79 Å². The summed E-state index contributed by atoms with van der Waals surface area (Å²) < 4.78 is 0.996. The molecule has 1 aromatic rings. The first-order valence-corrected chi connectivity index (χ1v) is 5.34. The van der Waals surface area contributed by atoms with Gasteiger partial charge in [-0.3, -0.25) is 4.79 Å². The van der Waals surface area contributed by atoms with Crippen LogP contribution in [-0.4, -0.2) is 12.5 Å². The zero-order valence-electron chi connectivity index (χ0n) is 8.24. The summed E-state index contributed by atoms with van der Waals surface area (Å²) in [7, 11) is 0. The summed E-state index contributed by atoms with van der Waals surface area (Å²) >= 11 is 3.36. The molecule has 0 aliphatic rings. The van der Waals surface area contributed by atoms with Gasteiger partial charge in [0.15, 0.2) is 0 Å². The third-order valence-corrected chi connectivity index (χ3v) is 2.19. The molecular weight excluding hydrogens is 254 g/mol. The summed E-state index contributed by atoms with van der Waals surface area (Å²) in [6.45, 7) is 4.01. The second-order valence-corrected chi connectivity index (χ2v) is 3.84. The van der Waals surface area contributed by atoms with Crippen molar-refractivity contribution in [2.75, 3.05) is 6.54 Å². The maximum atomic E-state index is 11.2. The van der Waals surface area contributed by atoms with Crippen LogP contribution in [0.5, 0.6) is 0 Å². The summed E-state index contributed by atoms with van der Waals surface area (Å²) in [5.41, 5.74) is 0.984. The van der Waals surface area contributed by atoms with Gasteiger partial charge in [-0.25, -0.2) is 0 Å². The number of carbonyl (C=O) groups excluding carboxylic acids is 1. The lowest BCUT2D eigenvalue weighted by Crippen LogP contribution is -2.20. The van der Waals surface area contributed by atoms with Crippen molar-refractivity contribution in [3.63, 3.8) is 0 Å². The Balaban J connectivity index is 2.57. The van der Waals surface area contributed by atoms with Crippen molar-refractivity contribution >= 4 is 27.9 Å². The van der Waals surface area contributed by atoms with Crippen LogP contribution in [0.2, 0.25) is 0 Å². The van der Waals surface area contributed by atoms with Gasteiger partial charge in [0.2, 0.25) is 5.91 Å². The van der Waals surface area contributed by atoms with E-state index >= 15 is 0 Å². The molecule has 0 aliphatic carbocycles. The highest BCUT2D eigenvalue weighted by Gasteiger charge is 1.92. The molecule has 0 heterocycles. The maximum absolute atomic E-state index is 11.2. The lowest BCUT2D eigenvalue weighted by molar-refractivity contribution is -0.116. The van der Waals surface area contributed by atoms with Crippen molar-refractivity contribution in [1.82, 2.24) is 5.32 Å². The Bertz CT molecular complexity index is 385. The van der Waals surface area contributed by atoms with Crippen molar-refractivity contribution in [1.29, 1.82) is 0 Å². The fourth-order valence-corrected chi connectivity index (χ4v) is 1.43. The van der Waals surface area contributed by atoms with Gasteiger partial charge in [0.25, 0.3) is 0 Å². The molecule has 0 saturated carbocycles. The van der Waals surface area contributed by atoms with E-state index in [1.807, 2.05) is 24.3 Å². The molecule has 0 atom stereocenters. The minimum Gasteiger partial charge on any atom is -0.349 e. The number of halogens is 1. The fraction of sp³-hybridized carbons (Fsp3) is 0.0833. The third-order valence-electron chi connectivity index (χ3n) is 1.70. The SMILES string of the molecule is C=CCNC(=O)C=Cc1cccc(Br)c1. The maximum Gasteiger partial charge on any atom is 0.244 e. The molecule has 0 spiro atoms. The Morgan fingerprint density at radius 2 is 2.33 bits per heavy atom. The van der Waals surface area contributed by atoms with Gasteiger partial charge in [-0.15, -0.1) is 6.58 Å². The number of benzene rings is 1. The van der Waals surface area contributed by atoms with Gasteiger partial charge in [-0.05, 0) is 23.8 Å². The molecule has 0 radical (unpaired) electrons. The minimum atomic E-state index is -0.116. The normalized spacial score (nSPS) is 10.2. The number of nitrogens with one attached hydrogen (secondary N) is 1. The average molecular weight is 266 g/mol. The van der Waals surface area contributed by atoms with Crippen molar-refractivity contribution in [2.45, 2.75) is 0 Å². The molecule has 3 heteroatoms. The van der Waals surface area contributed by atoms with Crippen LogP contribution in [0.15, 0.2) is 47.5 Å². The van der Waals surface area contributed by atoms with E-state index in [1.54, 1.807) is 12.2 Å². The zero-order chi connectivity index (χ0) is 11.1. The fourth-order valence-electron chi connectivity index (χ4n) is 1.01. The molecule has 1 aromatic carbocycles. The largest absolute Gasteiger partial charge is 0.349 e. The van der Waals surface area contributed by atoms with Gasteiger partial charge in [-0.1, -0.05) is 34.1 Å². The monoisotopic (exact) mass is 265 g/mol. The molecule has 1 amide bonds. The first kappa shape index (κ1) is 11.7. The van der Waals surface area contributed by atoms with Crippen molar-refractivity contribution in [2.24, 2.45) is 0 Å². The van der Waals surface area contributed by atoms with E-state index in [2.05, 4.69) is 27.8 Å². The van der Waals surface area contributed by atoms with Crippen molar-refractivity contribution in [3.8, 4) is 0 Å². The Morgan fingerprint density at radius 3 is 3.00 bits per heavy atom. The predicted octanol–water partition coefficient (Wildman–Crippen LogP) is 2.76. The predicted molar refractivity (Wildman–Crippen MR) is 66.4 cm³/mol. The quantitative estimate of drug-likeness (QED) is 0.659. The second-order valence-electron chi connectivity index (χ2n) is 2.92. The molecule has 0 fully saturated rings. The van der Waals surface area contributed by atoms with Crippen LogP contribution in [0.1, 0.15) is 5.56 Å². The van der Waals surface area contributed by atoms with E-state index in [4.69, 9.17) is 0 Å². The standard InChI is InChI=1S/C12H12BrNO/c1-2-8-14-12(15)7-6-10-4-3-5-11(13)9-10/h2-7,9H,1,8H2,(H,14,15). The van der Waals surface area contributed by atoms with E-state index in [0.717, 1.165) is 10.0 Å². The zero-order valence-corrected chi connectivity index (χ0v) is 9.83. The number of carbonyl (C=O) groups is 1. The molecule has 0 aromatic heterocycles. The van der Waals surface area contributed by atoms with Crippen LogP contribution >= 0.6 is 15.9 Å². The third kappa shape index (κ3) is 4.61. The van der Waals surface area contributed by atoms with E-state index < -0.39 is 0 Å². The van der Waals surface area contributed by atoms with Crippen LogP contribution in [0.4, 0.5) is 0 Å². The lowest BCUT2D eigenvalue weighted by Gasteiger charge is -1.96. The Morgan fingerprint density at radius 1 is 1.53 bits per heavy atom. The van der Waals surface area contributed by atoms with Gasteiger partial charge < -0.3 is 5.32 Å². The van der Waals surface area contributed by atoms with Crippen LogP contribution in [0.25, 0.3) is 6.08 Å². The van der Waals surface area contributed by atoms with Crippen molar-refractivity contribution in [3.05, 3.63) is 53.0 Å². The van der Waals surface area contributed by atoms with Gasteiger partial charge in [-0.2, -0.15) is 0 Å². The van der Waals surface area contributed by atoms with Crippen LogP contribution in [-0.2, 0) is 4.79 Å². The first-order chi connectivity index (χ1) is 7.22. The smallest absolute Gasteiger partial charge is 0.244 e. The number of amides is 1. The second kappa shape index (κ2) is 6.19. The summed E-state index contributed by atoms with van der Waals surface area (Å²) in [6, 6.07) is 7.74. The molecule has 1 N–H and O–H groups in total. The van der Waals surface area contributed by atoms with E-state index in [0.29, 0.717) is 6.54 Å². The topological polar surface area (TPSA) is 29.1 Å². The summed E-state index contributed by atoms with van der Waals surface area (Å²) in [5.74, 6) is -0.116. The molecule has 0 bridgehead atoms. The molecule has 78 valence electrons. The Kier molecular flexibility index (Phi) is 4.84. The molecule has 2 nitrogen and oxygen atoms in total. The summed E-state index contributed by atoms with van der Waals surface area (Å²) in [4.78, 5) is 11.2. The minimum absolute atomic E-state index is 0.116. The Labute approximate surface area is 97.8 Å². The summed E-state index contributed by atoms with van der Waals surface area (Å²) in [5, 5.41) is 2.66. The van der Waals surface area contributed by atoms with Gasteiger partial charge in [0.1, 0.15) is 0 Å². The van der Waals surface area contributed by atoms with Crippen LogP contribution in [0, 0.1) is 0 Å². The lowest BCUT2D eigenvalue weighted by atomic mass is 10.2. The van der Waals surface area contributed by atoms with Crippen LogP contribution < -0.4 is 5.32 Å². The van der Waals surface area contributed by atoms with Gasteiger partial charge in [0, 0.05) is 17.1 Å². The van der Waals surface area contributed by atoms with Crippen LogP contribution in [0.3, 0.4) is 0 Å². The number of rotatable bonds is 4. The highest BCUT2D eigenvalue weighted by atomic mass is 79.9. The van der Waals surface area contributed by atoms with E-state index in [9.17, 15) is 4.79 Å². The van der Waals surface area contributed by atoms with Gasteiger partial charge >= 0.3 is 0 Å². The summed E-state index contributed by atoms with van der Waals surface area (Å²) in [6.07, 6.45) is 4.92. The van der Waals surface area contributed by atoms with Gasteiger partial charge in [0.05, 0.1) is 0 Å². The van der Waals surface area contributed by atoms with E-state index in [-0.39, 0.29) is 5.91 Å². The molecule has 0 saturated heterocycles. The highest BCUT2D eigenvalue weighted by molar-refractivity contribution is 9.10. The molecular formula is C12H12BrNO. The number of hydrogen-bond acceptors (Lipinski definition) is 1. The molecule has 0 aliphatic heterocycles. The highest BCUT2D eigenvalue weighted by Crippen LogP contribution is 2.12. The van der Waals surface area contributed by atoms with E-state index in [1.165, 1.54) is 6.08 Å². The molecule has 0 unspecified atom stereocenters.